The summed E-state index contributed by atoms with van der Waals surface area (Å²) in [5.41, 5.74) is 1.12. The number of benzene rings is 1. The Morgan fingerprint density at radius 1 is 1.58 bits per heavy atom. The lowest BCUT2D eigenvalue weighted by atomic mass is 10.3. The van der Waals surface area contributed by atoms with Crippen LogP contribution >= 0.6 is 0 Å². The summed E-state index contributed by atoms with van der Waals surface area (Å²) in [6, 6.07) is 4.34. The average Bonchev–Trinajstić information content (AvgIpc) is 2.81. The van der Waals surface area contributed by atoms with Gasteiger partial charge < -0.3 is 14.6 Å². The van der Waals surface area contributed by atoms with Gasteiger partial charge in [-0.25, -0.2) is 4.98 Å². The van der Waals surface area contributed by atoms with Crippen molar-refractivity contribution in [2.45, 2.75) is 0 Å². The van der Waals surface area contributed by atoms with Gasteiger partial charge in [-0.15, -0.1) is 0 Å². The molecule has 0 aliphatic heterocycles. The molecule has 1 N–H and O–H groups in total. The summed E-state index contributed by atoms with van der Waals surface area (Å²) < 4.78 is 4.56. The van der Waals surface area contributed by atoms with Crippen LogP contribution in [-0.2, 0) is 9.53 Å². The van der Waals surface area contributed by atoms with E-state index in [0.717, 1.165) is 0 Å². The molecule has 0 aliphatic rings. The number of carbonyl (C=O) groups excluding carboxylic acids is 1. The second kappa shape index (κ2) is 4.92. The molecule has 100 valence electrons. The average molecular weight is 264 g/mol. The number of hydrogen-bond donors (Lipinski definition) is 1. The lowest BCUT2D eigenvalue weighted by molar-refractivity contribution is -0.384. The largest absolute Gasteiger partial charge is 0.468 e. The number of fused-ring (bicyclic) bond motifs is 1. The zero-order chi connectivity index (χ0) is 14.0. The molecule has 0 spiro atoms. The van der Waals surface area contributed by atoms with Crippen molar-refractivity contribution in [3.63, 3.8) is 0 Å². The number of nitro groups is 1. The highest BCUT2D eigenvalue weighted by Crippen LogP contribution is 2.21. The summed E-state index contributed by atoms with van der Waals surface area (Å²) in [6.07, 6.45) is 0. The first-order valence-corrected chi connectivity index (χ1v) is 5.43. The zero-order valence-electron chi connectivity index (χ0n) is 10.4. The number of methoxy groups -OCH3 is 1. The number of likely N-dealkylation sites (N-methyl/N-ethyl adjacent to an activating group) is 1. The molecule has 8 heteroatoms. The quantitative estimate of drug-likeness (QED) is 0.503. The molecule has 2 aromatic rings. The third-order valence-electron chi connectivity index (χ3n) is 2.62. The van der Waals surface area contributed by atoms with Crippen LogP contribution in [-0.4, -0.2) is 41.6 Å². The number of H-pyrrole nitrogens is 1. The molecule has 1 heterocycles. The van der Waals surface area contributed by atoms with Crippen molar-refractivity contribution in [1.82, 2.24) is 9.97 Å². The van der Waals surface area contributed by atoms with Crippen LogP contribution in [0.1, 0.15) is 0 Å². The maximum atomic E-state index is 11.2. The van der Waals surface area contributed by atoms with Crippen LogP contribution in [0.2, 0.25) is 0 Å². The number of anilines is 1. The van der Waals surface area contributed by atoms with Crippen LogP contribution in [0.5, 0.6) is 0 Å². The Balaban J connectivity index is 2.30. The van der Waals surface area contributed by atoms with E-state index in [2.05, 4.69) is 14.7 Å². The number of aromatic amines is 1. The van der Waals surface area contributed by atoms with E-state index in [1.165, 1.54) is 19.2 Å². The topological polar surface area (TPSA) is 101 Å². The highest BCUT2D eigenvalue weighted by molar-refractivity contribution is 5.81. The van der Waals surface area contributed by atoms with Crippen molar-refractivity contribution in [2.24, 2.45) is 0 Å². The minimum atomic E-state index is -0.474. The number of nitrogens with zero attached hydrogens (tertiary/aromatic N) is 3. The molecule has 8 nitrogen and oxygen atoms in total. The molecule has 2 rings (SSSR count). The van der Waals surface area contributed by atoms with Gasteiger partial charge in [0.15, 0.2) is 0 Å². The summed E-state index contributed by atoms with van der Waals surface area (Å²) >= 11 is 0. The normalized spacial score (nSPS) is 10.4. The monoisotopic (exact) mass is 264 g/mol. The van der Waals surface area contributed by atoms with Crippen LogP contribution in [0, 0.1) is 10.1 Å². The van der Waals surface area contributed by atoms with Crippen molar-refractivity contribution in [3.8, 4) is 0 Å². The van der Waals surface area contributed by atoms with Crippen molar-refractivity contribution in [3.05, 3.63) is 28.3 Å². The Morgan fingerprint density at radius 2 is 2.32 bits per heavy atom. The number of aromatic nitrogens is 2. The van der Waals surface area contributed by atoms with Crippen molar-refractivity contribution in [1.29, 1.82) is 0 Å². The Kier molecular flexibility index (Phi) is 3.32. The lowest BCUT2D eigenvalue weighted by Crippen LogP contribution is -2.27. The Hall–Kier alpha value is -2.64. The first-order valence-electron chi connectivity index (χ1n) is 5.43. The van der Waals surface area contributed by atoms with Gasteiger partial charge in [-0.05, 0) is 6.07 Å². The van der Waals surface area contributed by atoms with E-state index in [1.54, 1.807) is 18.0 Å². The number of non-ortho nitro benzene ring substituents is 1. The van der Waals surface area contributed by atoms with Crippen molar-refractivity contribution >= 4 is 28.6 Å². The predicted molar refractivity (Wildman–Crippen MR) is 68.0 cm³/mol. The Labute approximate surface area is 108 Å². The predicted octanol–water partition coefficient (Wildman–Crippen LogP) is 1.08. The molecule has 0 fully saturated rings. The van der Waals surface area contributed by atoms with Crippen LogP contribution in [0.25, 0.3) is 11.0 Å². The highest BCUT2D eigenvalue weighted by Gasteiger charge is 2.13. The van der Waals surface area contributed by atoms with Crippen LogP contribution < -0.4 is 4.90 Å². The van der Waals surface area contributed by atoms with Gasteiger partial charge in [-0.1, -0.05) is 0 Å². The summed E-state index contributed by atoms with van der Waals surface area (Å²) in [5.74, 6) is 0.0508. The third kappa shape index (κ3) is 2.62. The first kappa shape index (κ1) is 12.8. The fraction of sp³-hybridized carbons (Fsp3) is 0.273. The molecule has 0 unspecified atom stereocenters. The number of esters is 1. The molecular formula is C11H12N4O4. The second-order valence-corrected chi connectivity index (χ2v) is 3.95. The van der Waals surface area contributed by atoms with Gasteiger partial charge in [0.05, 0.1) is 23.1 Å². The smallest absolute Gasteiger partial charge is 0.325 e. The highest BCUT2D eigenvalue weighted by atomic mass is 16.6. The zero-order valence-corrected chi connectivity index (χ0v) is 10.4. The maximum Gasteiger partial charge on any atom is 0.325 e. The maximum absolute atomic E-state index is 11.2. The fourth-order valence-corrected chi connectivity index (χ4v) is 1.61. The summed E-state index contributed by atoms with van der Waals surface area (Å²) in [6.45, 7) is 0.0401. The molecular weight excluding hydrogens is 252 g/mol. The molecule has 0 aliphatic carbocycles. The Bertz CT molecular complexity index is 637. The number of imidazole rings is 1. The molecule has 0 amide bonds. The number of carbonyl (C=O) groups is 1. The summed E-state index contributed by atoms with van der Waals surface area (Å²) in [7, 11) is 2.97. The second-order valence-electron chi connectivity index (χ2n) is 3.95. The number of nitrogens with one attached hydrogen (secondary N) is 1. The minimum Gasteiger partial charge on any atom is -0.468 e. The molecule has 0 saturated heterocycles. The van der Waals surface area contributed by atoms with E-state index >= 15 is 0 Å². The van der Waals surface area contributed by atoms with Gasteiger partial charge in [-0.2, -0.15) is 0 Å². The van der Waals surface area contributed by atoms with E-state index in [0.29, 0.717) is 17.0 Å². The lowest BCUT2D eigenvalue weighted by Gasteiger charge is -2.13. The summed E-state index contributed by atoms with van der Waals surface area (Å²) in [5, 5.41) is 10.7. The van der Waals surface area contributed by atoms with Crippen molar-refractivity contribution < 1.29 is 14.5 Å². The number of rotatable bonds is 4. The minimum absolute atomic E-state index is 0.0154. The van der Waals surface area contributed by atoms with Crippen LogP contribution in [0.3, 0.4) is 0 Å². The van der Waals surface area contributed by atoms with Crippen LogP contribution in [0.4, 0.5) is 11.6 Å². The standard InChI is InChI=1S/C11H12N4O4/c1-14(6-10(16)19-2)11-12-8-4-3-7(15(17)18)5-9(8)13-11/h3-5H,6H2,1-2H3,(H,12,13). The first-order chi connectivity index (χ1) is 9.01. The number of nitro benzene ring substituents is 1. The fourth-order valence-electron chi connectivity index (χ4n) is 1.61. The van der Waals surface area contributed by atoms with Crippen molar-refractivity contribution in [2.75, 3.05) is 25.6 Å². The molecule has 0 radical (unpaired) electrons. The molecule has 1 aromatic heterocycles. The van der Waals surface area contributed by atoms with Gasteiger partial charge in [0.25, 0.3) is 5.69 Å². The van der Waals surface area contributed by atoms with Gasteiger partial charge >= 0.3 is 5.97 Å². The van der Waals surface area contributed by atoms with Gasteiger partial charge in [0.2, 0.25) is 5.95 Å². The van der Waals surface area contributed by atoms with E-state index in [1.807, 2.05) is 0 Å². The molecule has 19 heavy (non-hydrogen) atoms. The van der Waals surface area contributed by atoms with Gasteiger partial charge in [-0.3, -0.25) is 14.9 Å². The molecule has 0 saturated carbocycles. The van der Waals surface area contributed by atoms with E-state index in [-0.39, 0.29) is 12.2 Å². The summed E-state index contributed by atoms with van der Waals surface area (Å²) in [4.78, 5) is 30.1. The van der Waals surface area contributed by atoms with Gasteiger partial charge in [0, 0.05) is 19.2 Å². The van der Waals surface area contributed by atoms with E-state index in [4.69, 9.17) is 0 Å². The van der Waals surface area contributed by atoms with Gasteiger partial charge in [0.1, 0.15) is 6.54 Å². The number of hydrogen-bond acceptors (Lipinski definition) is 6. The van der Waals surface area contributed by atoms with Crippen LogP contribution in [0.15, 0.2) is 18.2 Å². The Morgan fingerprint density at radius 3 is 2.95 bits per heavy atom. The molecule has 1 aromatic carbocycles. The number of ether oxygens (including phenoxy) is 1. The SMILES string of the molecule is COC(=O)CN(C)c1nc2ccc([N+](=O)[O-])cc2[nH]1. The van der Waals surface area contributed by atoms with E-state index < -0.39 is 10.9 Å². The van der Waals surface area contributed by atoms with E-state index in [9.17, 15) is 14.9 Å². The third-order valence-corrected chi connectivity index (χ3v) is 2.62. The molecule has 0 atom stereocenters. The molecule has 0 bridgehead atoms.